The number of rotatable bonds is 5. The Kier molecular flexibility index (Phi) is 5.14. The van der Waals surface area contributed by atoms with Crippen molar-refractivity contribution in [1.29, 1.82) is 0 Å². The van der Waals surface area contributed by atoms with Crippen molar-refractivity contribution in [1.82, 2.24) is 4.98 Å². The number of nitrogens with zero attached hydrogens (tertiary/aromatic N) is 2. The molecule has 2 aromatic heterocycles. The normalized spacial score (nSPS) is 10.8. The number of carbonyl (C=O) groups excluding carboxylic acids is 2. The van der Waals surface area contributed by atoms with E-state index in [9.17, 15) is 9.59 Å². The van der Waals surface area contributed by atoms with E-state index in [0.29, 0.717) is 16.4 Å². The highest BCUT2D eigenvalue weighted by Gasteiger charge is 2.19. The number of hydrogen-bond acceptors (Lipinski definition) is 6. The minimum absolute atomic E-state index is 0.00800. The molecule has 2 heterocycles. The molecule has 2 aromatic carbocycles. The van der Waals surface area contributed by atoms with E-state index in [1.807, 2.05) is 49.4 Å². The number of fused-ring (bicyclic) bond motifs is 1. The lowest BCUT2D eigenvalue weighted by Gasteiger charge is -2.18. The van der Waals surface area contributed by atoms with Crippen LogP contribution >= 0.6 is 11.3 Å². The van der Waals surface area contributed by atoms with Crippen molar-refractivity contribution in [3.8, 4) is 0 Å². The van der Waals surface area contributed by atoms with Crippen LogP contribution in [0.4, 0.5) is 10.8 Å². The summed E-state index contributed by atoms with van der Waals surface area (Å²) in [5.41, 5.74) is 2.99. The smallest absolute Gasteiger partial charge is 0.374 e. The summed E-state index contributed by atoms with van der Waals surface area (Å²) < 4.78 is 10.8. The average molecular weight is 406 g/mol. The molecule has 0 saturated carbocycles. The van der Waals surface area contributed by atoms with Crippen LogP contribution in [0.15, 0.2) is 64.4 Å². The molecule has 0 N–H and O–H groups in total. The molecular weight excluding hydrogens is 388 g/mol. The summed E-state index contributed by atoms with van der Waals surface area (Å²) >= 11 is 1.32. The Bertz CT molecular complexity index is 1160. The molecule has 0 atom stereocenters. The second-order valence-corrected chi connectivity index (χ2v) is 7.38. The number of thiazole rings is 1. The monoisotopic (exact) mass is 406 g/mol. The van der Waals surface area contributed by atoms with E-state index in [4.69, 9.17) is 9.15 Å². The maximum atomic E-state index is 12.3. The van der Waals surface area contributed by atoms with Crippen LogP contribution in [-0.2, 0) is 16.1 Å². The number of aromatic nitrogens is 1. The number of amides is 1. The minimum atomic E-state index is -0.558. The highest BCUT2D eigenvalue weighted by Crippen LogP contribution is 2.29. The molecular formula is C22H18N2O4S. The fourth-order valence-electron chi connectivity index (χ4n) is 2.95. The first-order chi connectivity index (χ1) is 14.0. The van der Waals surface area contributed by atoms with Crippen LogP contribution in [0.2, 0.25) is 0 Å². The Hall–Kier alpha value is -3.45. The SMILES string of the molecule is CC(=O)N(c1cccc(C)c1)c1nc(COC(=O)c2cc3ccccc3o2)cs1. The zero-order valence-electron chi connectivity index (χ0n) is 15.9. The third-order valence-corrected chi connectivity index (χ3v) is 5.16. The third kappa shape index (κ3) is 4.05. The van der Waals surface area contributed by atoms with Crippen LogP contribution in [-0.4, -0.2) is 16.9 Å². The average Bonchev–Trinajstić information content (AvgIpc) is 3.33. The van der Waals surface area contributed by atoms with Crippen molar-refractivity contribution in [2.45, 2.75) is 20.5 Å². The molecule has 6 nitrogen and oxygen atoms in total. The number of para-hydroxylation sites is 1. The molecule has 0 fully saturated rings. The van der Waals surface area contributed by atoms with Gasteiger partial charge in [0.1, 0.15) is 12.2 Å². The number of ether oxygens (including phenoxy) is 1. The van der Waals surface area contributed by atoms with E-state index >= 15 is 0 Å². The Labute approximate surface area is 171 Å². The lowest BCUT2D eigenvalue weighted by Crippen LogP contribution is -2.22. The fraction of sp³-hybridized carbons (Fsp3) is 0.136. The number of carbonyl (C=O) groups is 2. The molecule has 0 unspecified atom stereocenters. The second-order valence-electron chi connectivity index (χ2n) is 6.54. The first-order valence-electron chi connectivity index (χ1n) is 8.99. The lowest BCUT2D eigenvalue weighted by molar-refractivity contribution is -0.115. The largest absolute Gasteiger partial charge is 0.453 e. The van der Waals surface area contributed by atoms with Crippen LogP contribution < -0.4 is 4.90 Å². The van der Waals surface area contributed by atoms with Gasteiger partial charge in [0.25, 0.3) is 0 Å². The lowest BCUT2D eigenvalue weighted by atomic mass is 10.2. The van der Waals surface area contributed by atoms with Gasteiger partial charge in [0, 0.05) is 17.7 Å². The van der Waals surface area contributed by atoms with E-state index < -0.39 is 5.97 Å². The molecule has 7 heteroatoms. The molecule has 29 heavy (non-hydrogen) atoms. The van der Waals surface area contributed by atoms with Crippen molar-refractivity contribution in [3.63, 3.8) is 0 Å². The fourth-order valence-corrected chi connectivity index (χ4v) is 3.82. The predicted molar refractivity (Wildman–Crippen MR) is 111 cm³/mol. The van der Waals surface area contributed by atoms with Crippen LogP contribution in [0.5, 0.6) is 0 Å². The van der Waals surface area contributed by atoms with E-state index in [1.54, 1.807) is 22.4 Å². The zero-order chi connectivity index (χ0) is 20.4. The van der Waals surface area contributed by atoms with Gasteiger partial charge in [-0.15, -0.1) is 11.3 Å². The molecule has 146 valence electrons. The van der Waals surface area contributed by atoms with E-state index in [0.717, 1.165) is 16.6 Å². The summed E-state index contributed by atoms with van der Waals surface area (Å²) in [5.74, 6) is -0.555. The summed E-state index contributed by atoms with van der Waals surface area (Å²) in [6.45, 7) is 3.45. The second kappa shape index (κ2) is 7.89. The maximum absolute atomic E-state index is 12.3. The third-order valence-electron chi connectivity index (χ3n) is 4.28. The summed E-state index contributed by atoms with van der Waals surface area (Å²) in [5, 5.41) is 3.14. The highest BCUT2D eigenvalue weighted by molar-refractivity contribution is 7.14. The van der Waals surface area contributed by atoms with E-state index in [1.165, 1.54) is 18.3 Å². The van der Waals surface area contributed by atoms with Gasteiger partial charge in [-0.25, -0.2) is 9.78 Å². The molecule has 4 aromatic rings. The molecule has 0 spiro atoms. The standard InChI is InChI=1S/C22H18N2O4S/c1-14-6-5-8-18(10-14)24(15(2)25)22-23-17(13-29-22)12-27-21(26)20-11-16-7-3-4-9-19(16)28-20/h3-11,13H,12H2,1-2H3. The first-order valence-corrected chi connectivity index (χ1v) is 9.87. The van der Waals surface area contributed by atoms with Crippen LogP contribution in [0.25, 0.3) is 11.0 Å². The van der Waals surface area contributed by atoms with Gasteiger partial charge in [0.05, 0.1) is 11.4 Å². The van der Waals surface area contributed by atoms with Crippen molar-refractivity contribution < 1.29 is 18.7 Å². The molecule has 1 amide bonds. The summed E-state index contributed by atoms with van der Waals surface area (Å²) in [6, 6.07) is 16.7. The van der Waals surface area contributed by atoms with Gasteiger partial charge in [-0.1, -0.05) is 30.3 Å². The number of furan rings is 1. The van der Waals surface area contributed by atoms with Crippen molar-refractivity contribution in [2.75, 3.05) is 4.90 Å². The topological polar surface area (TPSA) is 72.6 Å². The van der Waals surface area contributed by atoms with Crippen molar-refractivity contribution in [3.05, 3.63) is 77.0 Å². The van der Waals surface area contributed by atoms with Gasteiger partial charge in [-0.2, -0.15) is 0 Å². The van der Waals surface area contributed by atoms with Gasteiger partial charge in [-0.05, 0) is 36.8 Å². The molecule has 0 radical (unpaired) electrons. The van der Waals surface area contributed by atoms with Gasteiger partial charge in [-0.3, -0.25) is 9.69 Å². The number of esters is 1. The van der Waals surface area contributed by atoms with Gasteiger partial charge < -0.3 is 9.15 Å². The number of aryl methyl sites for hydroxylation is 1. The number of hydrogen-bond donors (Lipinski definition) is 0. The molecule has 0 bridgehead atoms. The highest BCUT2D eigenvalue weighted by atomic mass is 32.1. The predicted octanol–water partition coefficient (Wildman–Crippen LogP) is 5.24. The first kappa shape index (κ1) is 18.9. The zero-order valence-corrected chi connectivity index (χ0v) is 16.7. The molecule has 0 aliphatic carbocycles. The quantitative estimate of drug-likeness (QED) is 0.424. The Morgan fingerprint density at radius 3 is 2.72 bits per heavy atom. The summed E-state index contributed by atoms with van der Waals surface area (Å²) in [4.78, 5) is 30.5. The molecule has 4 rings (SSSR count). The Morgan fingerprint density at radius 1 is 1.14 bits per heavy atom. The maximum Gasteiger partial charge on any atom is 0.374 e. The van der Waals surface area contributed by atoms with E-state index in [-0.39, 0.29) is 18.3 Å². The Balaban J connectivity index is 1.48. The van der Waals surface area contributed by atoms with Crippen LogP contribution in [0.1, 0.15) is 28.7 Å². The summed E-state index contributed by atoms with van der Waals surface area (Å²) in [6.07, 6.45) is 0. The molecule has 0 saturated heterocycles. The minimum Gasteiger partial charge on any atom is -0.453 e. The van der Waals surface area contributed by atoms with Gasteiger partial charge >= 0.3 is 5.97 Å². The molecule has 0 aliphatic rings. The number of anilines is 2. The summed E-state index contributed by atoms with van der Waals surface area (Å²) in [7, 11) is 0. The van der Waals surface area contributed by atoms with Crippen molar-refractivity contribution >= 4 is 45.0 Å². The van der Waals surface area contributed by atoms with Gasteiger partial charge in [0.15, 0.2) is 5.13 Å². The number of benzene rings is 2. The van der Waals surface area contributed by atoms with Gasteiger partial charge in [0.2, 0.25) is 11.7 Å². The molecule has 0 aliphatic heterocycles. The Morgan fingerprint density at radius 2 is 1.97 bits per heavy atom. The van der Waals surface area contributed by atoms with Crippen LogP contribution in [0, 0.1) is 6.92 Å². The van der Waals surface area contributed by atoms with Crippen LogP contribution in [0.3, 0.4) is 0 Å². The van der Waals surface area contributed by atoms with E-state index in [2.05, 4.69) is 4.98 Å². The van der Waals surface area contributed by atoms with Crippen molar-refractivity contribution in [2.24, 2.45) is 0 Å².